The fourth-order valence-electron chi connectivity index (χ4n) is 1.27. The van der Waals surface area contributed by atoms with Gasteiger partial charge in [0.25, 0.3) is 11.4 Å². The zero-order valence-corrected chi connectivity index (χ0v) is 10.5. The number of rotatable bonds is 3. The predicted molar refractivity (Wildman–Crippen MR) is 65.6 cm³/mol. The van der Waals surface area contributed by atoms with E-state index >= 15 is 0 Å². The predicted octanol–water partition coefficient (Wildman–Crippen LogP) is 2.33. The van der Waals surface area contributed by atoms with Crippen LogP contribution in [0.25, 0.3) is 0 Å². The molecule has 5 nitrogen and oxygen atoms in total. The van der Waals surface area contributed by atoms with Gasteiger partial charge in [-0.05, 0) is 18.2 Å². The summed E-state index contributed by atoms with van der Waals surface area (Å²) in [6, 6.07) is 7.21. The Morgan fingerprint density at radius 1 is 1.41 bits per heavy atom. The second-order valence-corrected chi connectivity index (χ2v) is 4.05. The highest BCUT2D eigenvalue weighted by atomic mass is 79.9. The van der Waals surface area contributed by atoms with Gasteiger partial charge >= 0.3 is 0 Å². The zero-order valence-electron chi connectivity index (χ0n) is 8.94. The highest BCUT2D eigenvalue weighted by Crippen LogP contribution is 2.26. The summed E-state index contributed by atoms with van der Waals surface area (Å²) >= 11 is 3.33. The third kappa shape index (κ3) is 2.65. The number of halogens is 1. The van der Waals surface area contributed by atoms with Crippen molar-refractivity contribution in [3.8, 4) is 17.4 Å². The van der Waals surface area contributed by atoms with Crippen LogP contribution in [-0.4, -0.2) is 17.1 Å². The van der Waals surface area contributed by atoms with E-state index in [-0.39, 0.29) is 17.2 Å². The van der Waals surface area contributed by atoms with Crippen LogP contribution in [0.5, 0.6) is 17.4 Å². The fraction of sp³-hybridized carbons (Fsp3) is 0.0909. The second-order valence-electron chi connectivity index (χ2n) is 3.13. The average Bonchev–Trinajstić information content (AvgIpc) is 2.29. The number of hydrogen-bond donors (Lipinski definition) is 1. The molecule has 1 aromatic heterocycles. The van der Waals surface area contributed by atoms with E-state index in [0.29, 0.717) is 5.75 Å². The molecule has 2 rings (SSSR count). The van der Waals surface area contributed by atoms with Gasteiger partial charge in [-0.2, -0.15) is 0 Å². The molecule has 0 spiro atoms. The summed E-state index contributed by atoms with van der Waals surface area (Å²) in [6.45, 7) is 0. The Morgan fingerprint density at radius 3 is 2.94 bits per heavy atom. The van der Waals surface area contributed by atoms with Gasteiger partial charge in [0.15, 0.2) is 0 Å². The molecule has 0 aliphatic rings. The first kappa shape index (κ1) is 11.7. The van der Waals surface area contributed by atoms with Crippen molar-refractivity contribution in [2.45, 2.75) is 0 Å². The SMILES string of the molecule is COc1c(Oc2cccc(Br)c2)nc[nH]c1=O. The third-order valence-electron chi connectivity index (χ3n) is 1.99. The molecule has 0 fully saturated rings. The molecule has 0 atom stereocenters. The largest absolute Gasteiger partial charge is 0.487 e. The van der Waals surface area contributed by atoms with Crippen molar-refractivity contribution in [2.75, 3.05) is 7.11 Å². The van der Waals surface area contributed by atoms with Gasteiger partial charge in [-0.25, -0.2) is 4.98 Å². The minimum atomic E-state index is -0.382. The van der Waals surface area contributed by atoms with Crippen LogP contribution in [0.2, 0.25) is 0 Å². The molecule has 1 aromatic carbocycles. The van der Waals surface area contributed by atoms with Crippen LogP contribution in [0.3, 0.4) is 0 Å². The van der Waals surface area contributed by atoms with Crippen LogP contribution in [-0.2, 0) is 0 Å². The number of aromatic amines is 1. The first-order valence-electron chi connectivity index (χ1n) is 4.76. The topological polar surface area (TPSA) is 64.2 Å². The van der Waals surface area contributed by atoms with Gasteiger partial charge in [-0.3, -0.25) is 4.79 Å². The van der Waals surface area contributed by atoms with Crippen molar-refractivity contribution < 1.29 is 9.47 Å². The first-order chi connectivity index (χ1) is 8.20. The molecule has 0 aliphatic heterocycles. The van der Waals surface area contributed by atoms with Crippen LogP contribution in [0, 0.1) is 0 Å². The number of aromatic nitrogens is 2. The minimum absolute atomic E-state index is 0.0486. The van der Waals surface area contributed by atoms with E-state index in [2.05, 4.69) is 25.9 Å². The van der Waals surface area contributed by atoms with Crippen molar-refractivity contribution in [1.82, 2.24) is 9.97 Å². The van der Waals surface area contributed by atoms with E-state index in [9.17, 15) is 4.79 Å². The van der Waals surface area contributed by atoms with Crippen LogP contribution >= 0.6 is 15.9 Å². The lowest BCUT2D eigenvalue weighted by Crippen LogP contribution is -2.10. The number of hydrogen-bond acceptors (Lipinski definition) is 4. The Morgan fingerprint density at radius 2 is 2.24 bits per heavy atom. The molecule has 1 heterocycles. The maximum absolute atomic E-state index is 11.4. The Bertz CT molecular complexity index is 583. The molecule has 1 N–H and O–H groups in total. The summed E-state index contributed by atoms with van der Waals surface area (Å²) in [7, 11) is 1.39. The van der Waals surface area contributed by atoms with Gasteiger partial charge in [0.2, 0.25) is 5.75 Å². The third-order valence-corrected chi connectivity index (χ3v) is 2.49. The highest BCUT2D eigenvalue weighted by molar-refractivity contribution is 9.10. The molecule has 0 aliphatic carbocycles. The molecule has 6 heteroatoms. The average molecular weight is 297 g/mol. The monoisotopic (exact) mass is 296 g/mol. The zero-order chi connectivity index (χ0) is 12.3. The molecule has 0 amide bonds. The van der Waals surface area contributed by atoms with E-state index in [0.717, 1.165) is 4.47 Å². The van der Waals surface area contributed by atoms with Crippen LogP contribution in [0.4, 0.5) is 0 Å². The number of ether oxygens (including phenoxy) is 2. The summed E-state index contributed by atoms with van der Waals surface area (Å²) < 4.78 is 11.3. The van der Waals surface area contributed by atoms with Crippen molar-refractivity contribution in [2.24, 2.45) is 0 Å². The summed E-state index contributed by atoms with van der Waals surface area (Å²) in [5, 5.41) is 0. The number of nitrogens with one attached hydrogen (secondary N) is 1. The quantitative estimate of drug-likeness (QED) is 0.944. The van der Waals surface area contributed by atoms with E-state index in [1.165, 1.54) is 13.4 Å². The van der Waals surface area contributed by atoms with Crippen LogP contribution < -0.4 is 15.0 Å². The fourth-order valence-corrected chi connectivity index (χ4v) is 1.64. The molecule has 0 unspecified atom stereocenters. The van der Waals surface area contributed by atoms with Gasteiger partial charge in [0, 0.05) is 4.47 Å². The Labute approximate surface area is 106 Å². The molecular weight excluding hydrogens is 288 g/mol. The smallest absolute Gasteiger partial charge is 0.297 e. The number of benzene rings is 1. The van der Waals surface area contributed by atoms with E-state index in [4.69, 9.17) is 9.47 Å². The highest BCUT2D eigenvalue weighted by Gasteiger charge is 2.11. The Balaban J connectivity index is 2.36. The van der Waals surface area contributed by atoms with Gasteiger partial charge in [-0.15, -0.1) is 0 Å². The lowest BCUT2D eigenvalue weighted by molar-refractivity contribution is 0.363. The number of H-pyrrole nitrogens is 1. The van der Waals surface area contributed by atoms with Gasteiger partial charge in [0.1, 0.15) is 5.75 Å². The Hall–Kier alpha value is -1.82. The van der Waals surface area contributed by atoms with E-state index in [1.54, 1.807) is 12.1 Å². The molecule has 2 aromatic rings. The van der Waals surface area contributed by atoms with Crippen LogP contribution in [0.1, 0.15) is 0 Å². The van der Waals surface area contributed by atoms with Gasteiger partial charge in [-0.1, -0.05) is 22.0 Å². The molecular formula is C11H9BrN2O3. The summed E-state index contributed by atoms with van der Waals surface area (Å²) in [5.41, 5.74) is -0.382. The maximum Gasteiger partial charge on any atom is 0.297 e. The lowest BCUT2D eigenvalue weighted by atomic mass is 10.3. The van der Waals surface area contributed by atoms with Crippen LogP contribution in [0.15, 0.2) is 39.9 Å². The van der Waals surface area contributed by atoms with Crippen molar-refractivity contribution in [3.63, 3.8) is 0 Å². The van der Waals surface area contributed by atoms with Gasteiger partial charge < -0.3 is 14.5 Å². The summed E-state index contributed by atoms with van der Waals surface area (Å²) in [6.07, 6.45) is 1.26. The first-order valence-corrected chi connectivity index (χ1v) is 5.55. The number of nitrogens with zero attached hydrogens (tertiary/aromatic N) is 1. The molecule has 0 radical (unpaired) electrons. The van der Waals surface area contributed by atoms with Gasteiger partial charge in [0.05, 0.1) is 13.4 Å². The summed E-state index contributed by atoms with van der Waals surface area (Å²) in [5.74, 6) is 0.748. The number of methoxy groups -OCH3 is 1. The lowest BCUT2D eigenvalue weighted by Gasteiger charge is -2.07. The van der Waals surface area contributed by atoms with Crippen molar-refractivity contribution in [1.29, 1.82) is 0 Å². The standard InChI is InChI=1S/C11H9BrN2O3/c1-16-9-10(15)13-6-14-11(9)17-8-4-2-3-7(12)5-8/h2-6H,1H3,(H,13,14,15). The van der Waals surface area contributed by atoms with E-state index < -0.39 is 0 Å². The van der Waals surface area contributed by atoms with Crippen molar-refractivity contribution in [3.05, 3.63) is 45.4 Å². The maximum atomic E-state index is 11.4. The molecule has 0 saturated heterocycles. The minimum Gasteiger partial charge on any atom is -0.487 e. The molecule has 0 saturated carbocycles. The molecule has 88 valence electrons. The molecule has 17 heavy (non-hydrogen) atoms. The Kier molecular flexibility index (Phi) is 3.43. The van der Waals surface area contributed by atoms with E-state index in [1.807, 2.05) is 12.1 Å². The normalized spacial score (nSPS) is 10.0. The molecule has 0 bridgehead atoms. The van der Waals surface area contributed by atoms with Crippen molar-refractivity contribution >= 4 is 15.9 Å². The summed E-state index contributed by atoms with van der Waals surface area (Å²) in [4.78, 5) is 17.7. The second kappa shape index (κ2) is 5.01.